The number of carboxylic acid groups (broad SMARTS) is 1. The van der Waals surface area contributed by atoms with E-state index in [1.165, 1.54) is 0 Å². The normalized spacial score (nSPS) is 20.8. The minimum Gasteiger partial charge on any atom is -0.481 e. The number of halogens is 2. The molecule has 1 aliphatic carbocycles. The van der Waals surface area contributed by atoms with E-state index in [9.17, 15) is 24.1 Å². The molecular formula is C14H14BrFN2O5. The van der Waals surface area contributed by atoms with Crippen LogP contribution in [0.25, 0.3) is 0 Å². The Kier molecular flexibility index (Phi) is 5.30. The highest BCUT2D eigenvalue weighted by atomic mass is 79.9. The van der Waals surface area contributed by atoms with E-state index in [-0.39, 0.29) is 16.1 Å². The Balaban J connectivity index is 2.10. The Morgan fingerprint density at radius 1 is 1.30 bits per heavy atom. The Morgan fingerprint density at radius 3 is 2.43 bits per heavy atom. The van der Waals surface area contributed by atoms with Gasteiger partial charge in [0, 0.05) is 6.04 Å². The van der Waals surface area contributed by atoms with Gasteiger partial charge in [0.05, 0.1) is 22.5 Å². The third-order valence-corrected chi connectivity index (χ3v) is 4.70. The highest BCUT2D eigenvalue weighted by molar-refractivity contribution is 9.10. The van der Waals surface area contributed by atoms with E-state index in [2.05, 4.69) is 21.2 Å². The number of benzene rings is 1. The van der Waals surface area contributed by atoms with Gasteiger partial charge in [0.25, 0.3) is 11.6 Å². The number of hydrogen-bond acceptors (Lipinski definition) is 4. The standard InChI is InChI=1S/C14H14BrFN2O5/c15-12-10(5-8(16)6-11(12)18(22)23)13(19)17-9-3-1-7(2-4-9)14(20)21/h5-7,9H,1-4H2,(H,17,19)(H,20,21). The van der Waals surface area contributed by atoms with E-state index >= 15 is 0 Å². The van der Waals surface area contributed by atoms with Crippen LogP contribution < -0.4 is 5.32 Å². The van der Waals surface area contributed by atoms with E-state index in [1.54, 1.807) is 0 Å². The molecule has 7 nitrogen and oxygen atoms in total. The van der Waals surface area contributed by atoms with Crippen molar-refractivity contribution in [3.05, 3.63) is 38.1 Å². The van der Waals surface area contributed by atoms with E-state index in [0.29, 0.717) is 25.7 Å². The summed E-state index contributed by atoms with van der Waals surface area (Å²) < 4.78 is 13.4. The smallest absolute Gasteiger partial charge is 0.306 e. The highest BCUT2D eigenvalue weighted by Crippen LogP contribution is 2.30. The maximum absolute atomic E-state index is 13.5. The van der Waals surface area contributed by atoms with E-state index in [4.69, 9.17) is 5.11 Å². The van der Waals surface area contributed by atoms with Crippen molar-refractivity contribution in [3.63, 3.8) is 0 Å². The Hall–Kier alpha value is -2.03. The summed E-state index contributed by atoms with van der Waals surface area (Å²) in [6, 6.07) is 1.43. The third-order valence-electron chi connectivity index (χ3n) is 3.87. The number of nitro benzene ring substituents is 1. The number of rotatable bonds is 4. The van der Waals surface area contributed by atoms with Gasteiger partial charge in [0.1, 0.15) is 10.3 Å². The lowest BCUT2D eigenvalue weighted by Gasteiger charge is -2.26. The number of hydrogen-bond donors (Lipinski definition) is 2. The van der Waals surface area contributed by atoms with Crippen LogP contribution in [0.5, 0.6) is 0 Å². The molecule has 0 spiro atoms. The SMILES string of the molecule is O=C(NC1CCC(C(=O)O)CC1)c1cc(F)cc([N+](=O)[O-])c1Br. The van der Waals surface area contributed by atoms with E-state index in [1.807, 2.05) is 0 Å². The lowest BCUT2D eigenvalue weighted by molar-refractivity contribution is -0.385. The van der Waals surface area contributed by atoms with Crippen molar-refractivity contribution in [1.82, 2.24) is 5.32 Å². The number of nitrogens with zero attached hydrogens (tertiary/aromatic N) is 1. The molecule has 0 atom stereocenters. The van der Waals surface area contributed by atoms with Gasteiger partial charge in [-0.05, 0) is 47.7 Å². The number of carboxylic acids is 1. The van der Waals surface area contributed by atoms with Crippen LogP contribution in [-0.2, 0) is 4.79 Å². The number of carbonyl (C=O) groups is 2. The molecule has 0 unspecified atom stereocenters. The quantitative estimate of drug-likeness (QED) is 0.608. The summed E-state index contributed by atoms with van der Waals surface area (Å²) in [6.45, 7) is 0. The van der Waals surface area contributed by atoms with Crippen molar-refractivity contribution >= 4 is 33.5 Å². The van der Waals surface area contributed by atoms with Crippen molar-refractivity contribution in [2.75, 3.05) is 0 Å². The second-order valence-corrected chi connectivity index (χ2v) is 6.20. The van der Waals surface area contributed by atoms with Crippen molar-refractivity contribution in [2.24, 2.45) is 5.92 Å². The van der Waals surface area contributed by atoms with Gasteiger partial charge in [0.15, 0.2) is 0 Å². The van der Waals surface area contributed by atoms with Crippen LogP contribution in [0, 0.1) is 21.8 Å². The first kappa shape index (κ1) is 17.3. The summed E-state index contributed by atoms with van der Waals surface area (Å²) >= 11 is 2.96. The molecule has 0 aliphatic heterocycles. The molecule has 0 saturated heterocycles. The Bertz CT molecular complexity index is 659. The highest BCUT2D eigenvalue weighted by Gasteiger charge is 2.28. The molecule has 1 aromatic rings. The zero-order valence-corrected chi connectivity index (χ0v) is 13.5. The van der Waals surface area contributed by atoms with E-state index in [0.717, 1.165) is 12.1 Å². The zero-order chi connectivity index (χ0) is 17.1. The zero-order valence-electron chi connectivity index (χ0n) is 11.9. The van der Waals surface area contributed by atoms with E-state index < -0.39 is 34.2 Å². The lowest BCUT2D eigenvalue weighted by atomic mass is 9.86. The van der Waals surface area contributed by atoms with Crippen molar-refractivity contribution < 1.29 is 24.0 Å². The first-order valence-electron chi connectivity index (χ1n) is 6.96. The predicted molar refractivity (Wildman–Crippen MR) is 81.6 cm³/mol. The van der Waals surface area contributed by atoms with Crippen LogP contribution in [0.15, 0.2) is 16.6 Å². The summed E-state index contributed by atoms with van der Waals surface area (Å²) in [6.07, 6.45) is 1.89. The molecule has 1 saturated carbocycles. The molecule has 1 amide bonds. The number of aliphatic carboxylic acids is 1. The number of carbonyl (C=O) groups excluding carboxylic acids is 1. The van der Waals surface area contributed by atoms with Gasteiger partial charge in [-0.1, -0.05) is 0 Å². The minimum absolute atomic E-state index is 0.0828. The number of nitro groups is 1. The largest absolute Gasteiger partial charge is 0.481 e. The van der Waals surface area contributed by atoms with Gasteiger partial charge in [-0.2, -0.15) is 0 Å². The second kappa shape index (κ2) is 7.03. The fraction of sp³-hybridized carbons (Fsp3) is 0.429. The summed E-state index contributed by atoms with van der Waals surface area (Å²) in [5.74, 6) is -2.76. The van der Waals surface area contributed by atoms with Crippen LogP contribution >= 0.6 is 15.9 Å². The van der Waals surface area contributed by atoms with Gasteiger partial charge in [-0.15, -0.1) is 0 Å². The van der Waals surface area contributed by atoms with Gasteiger partial charge in [-0.3, -0.25) is 19.7 Å². The summed E-state index contributed by atoms with van der Waals surface area (Å²) in [7, 11) is 0. The Morgan fingerprint density at radius 2 is 1.91 bits per heavy atom. The molecule has 2 N–H and O–H groups in total. The fourth-order valence-corrected chi connectivity index (χ4v) is 3.17. The monoisotopic (exact) mass is 388 g/mol. The molecule has 0 radical (unpaired) electrons. The lowest BCUT2D eigenvalue weighted by Crippen LogP contribution is -2.38. The van der Waals surface area contributed by atoms with Gasteiger partial charge in [0.2, 0.25) is 0 Å². The van der Waals surface area contributed by atoms with Crippen LogP contribution in [0.3, 0.4) is 0 Å². The topological polar surface area (TPSA) is 110 Å². The third kappa shape index (κ3) is 4.04. The van der Waals surface area contributed by atoms with Gasteiger partial charge < -0.3 is 10.4 Å². The maximum Gasteiger partial charge on any atom is 0.306 e. The molecule has 1 fully saturated rings. The van der Waals surface area contributed by atoms with Gasteiger partial charge in [-0.25, -0.2) is 4.39 Å². The first-order chi connectivity index (χ1) is 10.8. The van der Waals surface area contributed by atoms with Crippen LogP contribution in [0.1, 0.15) is 36.0 Å². The maximum atomic E-state index is 13.5. The number of nitrogens with one attached hydrogen (secondary N) is 1. The molecule has 2 rings (SSSR count). The molecule has 124 valence electrons. The number of amides is 1. The average Bonchev–Trinajstić information content (AvgIpc) is 2.49. The molecule has 1 aliphatic rings. The average molecular weight is 389 g/mol. The Labute approximate surface area is 139 Å². The molecule has 9 heteroatoms. The summed E-state index contributed by atoms with van der Waals surface area (Å²) in [4.78, 5) is 33.2. The molecule has 0 bridgehead atoms. The molecular weight excluding hydrogens is 375 g/mol. The van der Waals surface area contributed by atoms with Crippen molar-refractivity contribution in [3.8, 4) is 0 Å². The summed E-state index contributed by atoms with van der Waals surface area (Å²) in [5, 5.41) is 22.5. The minimum atomic E-state index is -0.875. The van der Waals surface area contributed by atoms with Crippen molar-refractivity contribution in [2.45, 2.75) is 31.7 Å². The van der Waals surface area contributed by atoms with Crippen molar-refractivity contribution in [1.29, 1.82) is 0 Å². The molecule has 23 heavy (non-hydrogen) atoms. The first-order valence-corrected chi connectivity index (χ1v) is 7.76. The fourth-order valence-electron chi connectivity index (χ4n) is 2.62. The molecule has 0 aromatic heterocycles. The van der Waals surface area contributed by atoms with Gasteiger partial charge >= 0.3 is 5.97 Å². The van der Waals surface area contributed by atoms with Crippen LogP contribution in [0.2, 0.25) is 0 Å². The molecule has 1 aromatic carbocycles. The summed E-state index contributed by atoms with van der Waals surface area (Å²) in [5.41, 5.74) is -0.679. The second-order valence-electron chi connectivity index (χ2n) is 5.40. The van der Waals surface area contributed by atoms with Crippen LogP contribution in [0.4, 0.5) is 10.1 Å². The predicted octanol–water partition coefficient (Wildman–Crippen LogP) is 2.87. The molecule has 0 heterocycles. The van der Waals surface area contributed by atoms with Crippen LogP contribution in [-0.4, -0.2) is 27.9 Å².